The van der Waals surface area contributed by atoms with Crippen molar-refractivity contribution in [1.82, 2.24) is 25.3 Å². The van der Waals surface area contributed by atoms with Gasteiger partial charge in [0.05, 0.1) is 11.3 Å². The monoisotopic (exact) mass is 593 g/mol. The molecule has 212 valence electrons. The van der Waals surface area contributed by atoms with E-state index in [1.54, 1.807) is 18.5 Å². The van der Waals surface area contributed by atoms with Crippen LogP contribution in [0.4, 0.5) is 0 Å². The molecule has 3 aromatic carbocycles. The number of nitrogens with zero attached hydrogens (tertiary/aromatic N) is 3. The topological polar surface area (TPSA) is 128 Å². The molecule has 2 aromatic heterocycles. The summed E-state index contributed by atoms with van der Waals surface area (Å²) in [6.07, 6.45) is 4.54. The minimum atomic E-state index is -3.28. The number of hydrogen-bond donors (Lipinski definition) is 2. The average molecular weight is 594 g/mol. The Hall–Kier alpha value is -4.03. The van der Waals surface area contributed by atoms with Crippen molar-refractivity contribution >= 4 is 32.7 Å². The maximum atomic E-state index is 11.4. The third-order valence-corrected chi connectivity index (χ3v) is 7.37. The number of aromatic nitrogens is 3. The fraction of sp³-hybridized carbons (Fsp3) is 0.207. The lowest BCUT2D eigenvalue weighted by atomic mass is 10.0. The Morgan fingerprint density at radius 1 is 0.902 bits per heavy atom. The summed E-state index contributed by atoms with van der Waals surface area (Å²) in [5, 5.41) is 12.0. The zero-order chi connectivity index (χ0) is 28.7. The van der Waals surface area contributed by atoms with Gasteiger partial charge in [-0.2, -0.15) is 0 Å². The van der Waals surface area contributed by atoms with Crippen LogP contribution in [-0.2, 0) is 29.8 Å². The summed E-state index contributed by atoms with van der Waals surface area (Å²) in [5.41, 5.74) is 5.21. The molecule has 0 radical (unpaired) electrons. The first-order valence-electron chi connectivity index (χ1n) is 12.8. The van der Waals surface area contributed by atoms with Crippen LogP contribution in [0.2, 0.25) is 5.02 Å². The predicted octanol–water partition coefficient (Wildman–Crippen LogP) is 4.74. The van der Waals surface area contributed by atoms with E-state index < -0.39 is 10.0 Å². The number of hydrogen-bond acceptors (Lipinski definition) is 9. The highest BCUT2D eigenvalue weighted by molar-refractivity contribution is 7.88. The second kappa shape index (κ2) is 13.1. The molecule has 5 aromatic rings. The highest BCUT2D eigenvalue weighted by atomic mass is 35.5. The number of rotatable bonds is 13. The number of halogens is 1. The van der Waals surface area contributed by atoms with E-state index in [2.05, 4.69) is 25.3 Å². The van der Waals surface area contributed by atoms with E-state index in [0.29, 0.717) is 46.2 Å². The highest BCUT2D eigenvalue weighted by Crippen LogP contribution is 2.36. The Labute approximate surface area is 242 Å². The maximum Gasteiger partial charge on any atom is 0.208 e. The lowest BCUT2D eigenvalue weighted by molar-refractivity contribution is 0.288. The summed E-state index contributed by atoms with van der Waals surface area (Å²) < 4.78 is 42.7. The van der Waals surface area contributed by atoms with Crippen molar-refractivity contribution in [2.45, 2.75) is 19.8 Å². The molecular formula is C29H28ClN5O5S. The first-order valence-corrected chi connectivity index (χ1v) is 15.1. The number of nitrogens with one attached hydrogen (secondary N) is 2. The number of benzene rings is 3. The maximum absolute atomic E-state index is 11.4. The molecule has 0 bridgehead atoms. The van der Waals surface area contributed by atoms with Gasteiger partial charge in [-0.05, 0) is 21.9 Å². The summed E-state index contributed by atoms with van der Waals surface area (Å²) in [6.45, 7) is 1.38. The van der Waals surface area contributed by atoms with E-state index >= 15 is 0 Å². The molecule has 0 aliphatic heterocycles. The van der Waals surface area contributed by atoms with Crippen LogP contribution in [0.1, 0.15) is 16.7 Å². The summed E-state index contributed by atoms with van der Waals surface area (Å²) >= 11 is 6.78. The molecular weight excluding hydrogens is 566 g/mol. The van der Waals surface area contributed by atoms with Gasteiger partial charge in [-0.3, -0.25) is 4.98 Å². The minimum Gasteiger partial charge on any atom is -0.488 e. The van der Waals surface area contributed by atoms with E-state index in [4.69, 9.17) is 25.7 Å². The van der Waals surface area contributed by atoms with E-state index in [-0.39, 0.29) is 19.8 Å². The molecule has 0 saturated heterocycles. The first kappa shape index (κ1) is 28.5. The normalized spacial score (nSPS) is 11.6. The first-order chi connectivity index (χ1) is 19.9. The predicted molar refractivity (Wildman–Crippen MR) is 156 cm³/mol. The van der Waals surface area contributed by atoms with Gasteiger partial charge in [0.15, 0.2) is 11.3 Å². The van der Waals surface area contributed by atoms with Crippen LogP contribution in [0.5, 0.6) is 11.5 Å². The fourth-order valence-electron chi connectivity index (χ4n) is 4.22. The molecule has 41 heavy (non-hydrogen) atoms. The van der Waals surface area contributed by atoms with Crippen molar-refractivity contribution in [2.75, 3.05) is 19.3 Å². The van der Waals surface area contributed by atoms with Gasteiger partial charge in [0.2, 0.25) is 10.0 Å². The van der Waals surface area contributed by atoms with E-state index in [0.717, 1.165) is 28.5 Å². The molecule has 0 amide bonds. The number of sulfonamides is 1. The molecule has 0 aliphatic rings. The van der Waals surface area contributed by atoms with Crippen LogP contribution < -0.4 is 19.5 Å². The molecule has 2 heterocycles. The van der Waals surface area contributed by atoms with Gasteiger partial charge < -0.3 is 14.8 Å². The summed E-state index contributed by atoms with van der Waals surface area (Å²) in [6, 6.07) is 21.2. The molecule has 0 fully saturated rings. The van der Waals surface area contributed by atoms with Crippen LogP contribution in [0.25, 0.3) is 22.2 Å². The molecule has 0 unspecified atom stereocenters. The van der Waals surface area contributed by atoms with Gasteiger partial charge in [-0.1, -0.05) is 66.2 Å². The molecule has 0 saturated carbocycles. The largest absolute Gasteiger partial charge is 0.488 e. The minimum absolute atomic E-state index is 0.179. The molecule has 0 spiro atoms. The second-order valence-corrected chi connectivity index (χ2v) is 11.5. The van der Waals surface area contributed by atoms with Crippen molar-refractivity contribution in [2.24, 2.45) is 0 Å². The Bertz CT molecular complexity index is 1720. The van der Waals surface area contributed by atoms with E-state index in [9.17, 15) is 8.42 Å². The Morgan fingerprint density at radius 2 is 1.71 bits per heavy atom. The lowest BCUT2D eigenvalue weighted by Crippen LogP contribution is -2.30. The third kappa shape index (κ3) is 7.39. The zero-order valence-electron chi connectivity index (χ0n) is 22.2. The molecule has 10 nitrogen and oxygen atoms in total. The van der Waals surface area contributed by atoms with Crippen LogP contribution in [0.3, 0.4) is 0 Å². The average Bonchev–Trinajstić information content (AvgIpc) is 3.47. The molecule has 0 atom stereocenters. The quantitative estimate of drug-likeness (QED) is 0.186. The summed E-state index contributed by atoms with van der Waals surface area (Å²) in [7, 11) is -3.28. The summed E-state index contributed by atoms with van der Waals surface area (Å²) in [5.74, 6) is 0.936. The van der Waals surface area contributed by atoms with Crippen LogP contribution in [-0.4, -0.2) is 43.1 Å². The third-order valence-electron chi connectivity index (χ3n) is 6.20. The molecule has 2 N–H and O–H groups in total. The Kier molecular flexibility index (Phi) is 9.10. The van der Waals surface area contributed by atoms with Gasteiger partial charge in [0.25, 0.3) is 0 Å². The van der Waals surface area contributed by atoms with Gasteiger partial charge >= 0.3 is 0 Å². The number of pyridine rings is 1. The standard InChI is InChI=1S/C29H28ClN5O5S/c1-41(36,37)33-14-13-32-17-24-25(38-18-20-7-6-12-31-16-20)15-26(29-28(24)34-40-35-29)39-19-22-10-5-11-23(27(22)30)21-8-3-2-4-9-21/h2-12,15-16,32-33H,13-14,17-19H2,1H3. The molecule has 5 rings (SSSR count). The van der Waals surface area contributed by atoms with Crippen molar-refractivity contribution in [1.29, 1.82) is 0 Å². The smallest absolute Gasteiger partial charge is 0.208 e. The number of fused-ring (bicyclic) bond motifs is 1. The lowest BCUT2D eigenvalue weighted by Gasteiger charge is -2.16. The van der Waals surface area contributed by atoms with E-state index in [1.165, 1.54) is 0 Å². The van der Waals surface area contributed by atoms with Gasteiger partial charge in [-0.15, -0.1) is 0 Å². The highest BCUT2D eigenvalue weighted by Gasteiger charge is 2.20. The molecule has 0 aliphatic carbocycles. The van der Waals surface area contributed by atoms with E-state index in [1.807, 2.05) is 60.7 Å². The van der Waals surface area contributed by atoms with Crippen molar-refractivity contribution < 1.29 is 22.5 Å². The van der Waals surface area contributed by atoms with Crippen LogP contribution >= 0.6 is 11.6 Å². The van der Waals surface area contributed by atoms with Crippen molar-refractivity contribution in [3.63, 3.8) is 0 Å². The van der Waals surface area contributed by atoms with Crippen molar-refractivity contribution in [3.05, 3.63) is 101 Å². The van der Waals surface area contributed by atoms with Gasteiger partial charge in [-0.25, -0.2) is 17.8 Å². The SMILES string of the molecule is CS(=O)(=O)NCCNCc1c(OCc2cccnc2)cc(OCc2cccc(-c3ccccc3)c2Cl)c2nonc12. The van der Waals surface area contributed by atoms with Crippen LogP contribution in [0, 0.1) is 0 Å². The fourth-order valence-corrected chi connectivity index (χ4v) is 4.98. The zero-order valence-corrected chi connectivity index (χ0v) is 23.8. The Morgan fingerprint density at radius 3 is 2.49 bits per heavy atom. The van der Waals surface area contributed by atoms with Gasteiger partial charge in [0.1, 0.15) is 24.5 Å². The van der Waals surface area contributed by atoms with Crippen molar-refractivity contribution in [3.8, 4) is 22.6 Å². The molecule has 12 heteroatoms. The second-order valence-electron chi connectivity index (χ2n) is 9.24. The van der Waals surface area contributed by atoms with Crippen LogP contribution in [0.15, 0.2) is 83.8 Å². The summed E-state index contributed by atoms with van der Waals surface area (Å²) in [4.78, 5) is 4.15. The Balaban J connectivity index is 1.40. The number of ether oxygens (including phenoxy) is 2. The van der Waals surface area contributed by atoms with Gasteiger partial charge in [0, 0.05) is 60.3 Å².